The Labute approximate surface area is 58.6 Å². The van der Waals surface area contributed by atoms with E-state index in [0.717, 1.165) is 6.42 Å². The zero-order chi connectivity index (χ0) is 7.70. The molecule has 0 nitrogen and oxygen atoms in total. The molecule has 0 rings (SSSR count). The summed E-state index contributed by atoms with van der Waals surface area (Å²) in [6.45, 7) is 15.4. The average molecular weight is 124 g/mol. The van der Waals surface area contributed by atoms with Gasteiger partial charge in [-0.2, -0.15) is 0 Å². The highest BCUT2D eigenvalue weighted by atomic mass is 13.9. The minimum absolute atomic E-state index is 0.595. The molecule has 52 valence electrons. The number of allylic oxidation sites excluding steroid dienone is 2. The third-order valence-electron chi connectivity index (χ3n) is 0.941. The molecule has 0 spiro atoms. The largest absolute Gasteiger partial charge is 0.106 e. The molecule has 0 aliphatic carbocycles. The molecule has 0 bridgehead atoms. The van der Waals surface area contributed by atoms with Crippen molar-refractivity contribution in [3.05, 3.63) is 38.5 Å². The van der Waals surface area contributed by atoms with Crippen molar-refractivity contribution in [2.45, 2.75) is 13.3 Å². The molecule has 0 heteroatoms. The van der Waals surface area contributed by atoms with Gasteiger partial charge in [-0.15, -0.1) is 26.3 Å². The highest BCUT2D eigenvalue weighted by Crippen LogP contribution is 2.00. The Morgan fingerprint density at radius 2 is 1.78 bits per heavy atom. The van der Waals surface area contributed by atoms with Gasteiger partial charge < -0.3 is 0 Å². The highest BCUT2D eigenvalue weighted by molar-refractivity contribution is 4.81. The SMILES string of the molecule is C=C.C=CCC(C)C=C. The van der Waals surface area contributed by atoms with Crippen LogP contribution in [0.1, 0.15) is 13.3 Å². The monoisotopic (exact) mass is 124 g/mol. The fourth-order valence-electron chi connectivity index (χ4n) is 0.359. The van der Waals surface area contributed by atoms with Crippen LogP contribution in [0.5, 0.6) is 0 Å². The summed E-state index contributed by atoms with van der Waals surface area (Å²) in [6.07, 6.45) is 4.89. The molecule has 0 saturated carbocycles. The van der Waals surface area contributed by atoms with E-state index in [1.165, 1.54) is 0 Å². The predicted molar refractivity (Wildman–Crippen MR) is 45.4 cm³/mol. The second-order valence-electron chi connectivity index (χ2n) is 1.74. The van der Waals surface area contributed by atoms with Crippen LogP contribution in [-0.2, 0) is 0 Å². The van der Waals surface area contributed by atoms with Gasteiger partial charge in [0.25, 0.3) is 0 Å². The van der Waals surface area contributed by atoms with Crippen molar-refractivity contribution >= 4 is 0 Å². The molecular formula is C9H16. The zero-order valence-electron chi connectivity index (χ0n) is 6.27. The molecule has 0 heterocycles. The van der Waals surface area contributed by atoms with Crippen molar-refractivity contribution in [2.24, 2.45) is 5.92 Å². The molecule has 0 saturated heterocycles. The Morgan fingerprint density at radius 3 is 1.89 bits per heavy atom. The van der Waals surface area contributed by atoms with Gasteiger partial charge in [0, 0.05) is 0 Å². The van der Waals surface area contributed by atoms with Gasteiger partial charge in [0.05, 0.1) is 0 Å². The standard InChI is InChI=1S/C7H12.C2H4/c1-4-6-7(3)5-2;1-2/h4-5,7H,1-2,6H2,3H3;1-2H2. The molecule has 0 aliphatic heterocycles. The topological polar surface area (TPSA) is 0 Å². The van der Waals surface area contributed by atoms with Gasteiger partial charge in [0.2, 0.25) is 0 Å². The highest BCUT2D eigenvalue weighted by Gasteiger charge is 1.86. The lowest BCUT2D eigenvalue weighted by Crippen LogP contribution is -1.82. The maximum absolute atomic E-state index is 3.63. The lowest BCUT2D eigenvalue weighted by Gasteiger charge is -1.95. The molecule has 0 aromatic rings. The summed E-state index contributed by atoms with van der Waals surface area (Å²) < 4.78 is 0. The molecule has 0 aliphatic rings. The number of hydrogen-bond donors (Lipinski definition) is 0. The van der Waals surface area contributed by atoms with Crippen molar-refractivity contribution < 1.29 is 0 Å². The van der Waals surface area contributed by atoms with Crippen molar-refractivity contribution in [3.63, 3.8) is 0 Å². The summed E-state index contributed by atoms with van der Waals surface area (Å²) in [5, 5.41) is 0. The third kappa shape index (κ3) is 11.0. The van der Waals surface area contributed by atoms with Crippen LogP contribution in [0.25, 0.3) is 0 Å². The summed E-state index contributed by atoms with van der Waals surface area (Å²) in [5.41, 5.74) is 0. The van der Waals surface area contributed by atoms with E-state index < -0.39 is 0 Å². The normalized spacial score (nSPS) is 10.3. The van der Waals surface area contributed by atoms with Gasteiger partial charge in [0.1, 0.15) is 0 Å². The molecule has 0 aromatic heterocycles. The summed E-state index contributed by atoms with van der Waals surface area (Å²) in [6, 6.07) is 0. The third-order valence-corrected chi connectivity index (χ3v) is 0.941. The average Bonchev–Trinajstić information content (AvgIpc) is 1.93. The number of hydrogen-bond acceptors (Lipinski definition) is 0. The summed E-state index contributed by atoms with van der Waals surface area (Å²) in [5.74, 6) is 0.595. The van der Waals surface area contributed by atoms with Crippen LogP contribution in [-0.4, -0.2) is 0 Å². The molecule has 0 amide bonds. The smallest absolute Gasteiger partial charge is 0.0230 e. The van der Waals surface area contributed by atoms with E-state index in [4.69, 9.17) is 0 Å². The van der Waals surface area contributed by atoms with E-state index in [2.05, 4.69) is 33.2 Å². The van der Waals surface area contributed by atoms with Crippen LogP contribution < -0.4 is 0 Å². The van der Waals surface area contributed by atoms with E-state index in [1.54, 1.807) is 0 Å². The predicted octanol–water partition coefficient (Wildman–Crippen LogP) is 3.19. The van der Waals surface area contributed by atoms with E-state index in [0.29, 0.717) is 5.92 Å². The van der Waals surface area contributed by atoms with Gasteiger partial charge >= 0.3 is 0 Å². The fraction of sp³-hybridized carbons (Fsp3) is 0.333. The van der Waals surface area contributed by atoms with E-state index in [9.17, 15) is 0 Å². The molecule has 9 heavy (non-hydrogen) atoms. The van der Waals surface area contributed by atoms with E-state index in [1.807, 2.05) is 12.2 Å². The molecule has 0 radical (unpaired) electrons. The minimum Gasteiger partial charge on any atom is -0.106 e. The fourth-order valence-corrected chi connectivity index (χ4v) is 0.359. The Morgan fingerprint density at radius 1 is 1.33 bits per heavy atom. The van der Waals surface area contributed by atoms with Crippen molar-refractivity contribution in [2.75, 3.05) is 0 Å². The minimum atomic E-state index is 0.595. The van der Waals surface area contributed by atoms with Crippen LogP contribution in [0.2, 0.25) is 0 Å². The first-order valence-corrected chi connectivity index (χ1v) is 3.04. The lowest BCUT2D eigenvalue weighted by molar-refractivity contribution is 0.748. The summed E-state index contributed by atoms with van der Waals surface area (Å²) in [7, 11) is 0. The number of rotatable bonds is 3. The first-order chi connectivity index (χ1) is 4.31. The van der Waals surface area contributed by atoms with Gasteiger partial charge in [-0.3, -0.25) is 0 Å². The summed E-state index contributed by atoms with van der Waals surface area (Å²) in [4.78, 5) is 0. The van der Waals surface area contributed by atoms with Gasteiger partial charge in [-0.05, 0) is 12.3 Å². The maximum Gasteiger partial charge on any atom is -0.0230 e. The molecular weight excluding hydrogens is 108 g/mol. The lowest BCUT2D eigenvalue weighted by atomic mass is 10.1. The molecule has 1 atom stereocenters. The van der Waals surface area contributed by atoms with Gasteiger partial charge in [-0.1, -0.05) is 19.1 Å². The van der Waals surface area contributed by atoms with Crippen LogP contribution >= 0.6 is 0 Å². The summed E-state index contributed by atoms with van der Waals surface area (Å²) >= 11 is 0. The zero-order valence-corrected chi connectivity index (χ0v) is 6.27. The Kier molecular flexibility index (Phi) is 12.6. The van der Waals surface area contributed by atoms with Crippen molar-refractivity contribution in [3.8, 4) is 0 Å². The Bertz CT molecular complexity index is 72.1. The first kappa shape index (κ1) is 11.1. The van der Waals surface area contributed by atoms with Crippen LogP contribution in [0.3, 0.4) is 0 Å². The quantitative estimate of drug-likeness (QED) is 0.507. The maximum atomic E-state index is 3.63. The van der Waals surface area contributed by atoms with Crippen molar-refractivity contribution in [1.82, 2.24) is 0 Å². The Balaban J connectivity index is 0. The van der Waals surface area contributed by atoms with Crippen molar-refractivity contribution in [1.29, 1.82) is 0 Å². The van der Waals surface area contributed by atoms with Gasteiger partial charge in [-0.25, -0.2) is 0 Å². The Hall–Kier alpha value is -0.780. The van der Waals surface area contributed by atoms with Crippen LogP contribution in [0.15, 0.2) is 38.5 Å². The second-order valence-corrected chi connectivity index (χ2v) is 1.74. The molecule has 0 N–H and O–H groups in total. The molecule has 0 aromatic carbocycles. The second kappa shape index (κ2) is 10.3. The molecule has 0 fully saturated rings. The first-order valence-electron chi connectivity index (χ1n) is 3.04. The molecule has 1 unspecified atom stereocenters. The van der Waals surface area contributed by atoms with E-state index in [-0.39, 0.29) is 0 Å². The van der Waals surface area contributed by atoms with Crippen LogP contribution in [0.4, 0.5) is 0 Å². The van der Waals surface area contributed by atoms with Gasteiger partial charge in [0.15, 0.2) is 0 Å². The van der Waals surface area contributed by atoms with E-state index >= 15 is 0 Å². The van der Waals surface area contributed by atoms with Crippen LogP contribution in [0, 0.1) is 5.92 Å².